The van der Waals surface area contributed by atoms with Gasteiger partial charge in [0.25, 0.3) is 0 Å². The number of benzene rings is 2. The topological polar surface area (TPSA) is 67.8 Å². The molecule has 104 valence electrons. The van der Waals surface area contributed by atoms with E-state index in [4.69, 9.17) is 27.3 Å². The van der Waals surface area contributed by atoms with Crippen LogP contribution in [-0.4, -0.2) is 11.0 Å². The normalized spacial score (nSPS) is 11.4. The van der Waals surface area contributed by atoms with E-state index in [1.54, 1.807) is 18.2 Å². The molecule has 0 saturated heterocycles. The number of aryl methyl sites for hydroxylation is 1. The van der Waals surface area contributed by atoms with E-state index in [-0.39, 0.29) is 17.1 Å². The van der Waals surface area contributed by atoms with Crippen molar-refractivity contribution >= 4 is 17.4 Å². The molecule has 0 aliphatic heterocycles. The van der Waals surface area contributed by atoms with E-state index in [0.29, 0.717) is 10.8 Å². The maximum atomic E-state index is 13.8. The Morgan fingerprint density at radius 3 is 2.75 bits per heavy atom. The van der Waals surface area contributed by atoms with Gasteiger partial charge in [-0.05, 0) is 36.8 Å². The van der Waals surface area contributed by atoms with Gasteiger partial charge in [-0.3, -0.25) is 0 Å². The molecule has 4 nitrogen and oxygen atoms in total. The third-order valence-corrected chi connectivity index (χ3v) is 2.94. The maximum Gasteiger partial charge on any atom is 0.176 e. The van der Waals surface area contributed by atoms with Crippen molar-refractivity contribution in [3.63, 3.8) is 0 Å². The molecule has 0 aliphatic carbocycles. The molecule has 3 N–H and O–H groups in total. The van der Waals surface area contributed by atoms with Crippen molar-refractivity contribution in [2.24, 2.45) is 10.9 Å². The van der Waals surface area contributed by atoms with Crippen LogP contribution < -0.4 is 10.5 Å². The number of oxime groups is 1. The van der Waals surface area contributed by atoms with Crippen LogP contribution in [0.3, 0.4) is 0 Å². The quantitative estimate of drug-likeness (QED) is 0.393. The molecule has 0 saturated carbocycles. The zero-order valence-electron chi connectivity index (χ0n) is 10.6. The van der Waals surface area contributed by atoms with Gasteiger partial charge in [-0.1, -0.05) is 28.9 Å². The predicted octanol–water partition coefficient (Wildman–Crippen LogP) is 3.67. The summed E-state index contributed by atoms with van der Waals surface area (Å²) in [5.74, 6) is -0.393. The predicted molar refractivity (Wildman–Crippen MR) is 75.2 cm³/mol. The van der Waals surface area contributed by atoms with Crippen LogP contribution in [0.2, 0.25) is 5.02 Å². The van der Waals surface area contributed by atoms with Crippen LogP contribution in [0.4, 0.5) is 4.39 Å². The molecule has 0 unspecified atom stereocenters. The van der Waals surface area contributed by atoms with Gasteiger partial charge < -0.3 is 15.7 Å². The Hall–Kier alpha value is -2.27. The molecular weight excluding hydrogens is 283 g/mol. The third kappa shape index (κ3) is 2.83. The van der Waals surface area contributed by atoms with Crippen molar-refractivity contribution < 1.29 is 14.3 Å². The summed E-state index contributed by atoms with van der Waals surface area (Å²) in [6.45, 7) is 1.83. The van der Waals surface area contributed by atoms with Gasteiger partial charge in [-0.25, -0.2) is 4.39 Å². The fraction of sp³-hybridized carbons (Fsp3) is 0.0714. The van der Waals surface area contributed by atoms with Crippen molar-refractivity contribution in [2.75, 3.05) is 0 Å². The Balaban J connectivity index is 2.49. The van der Waals surface area contributed by atoms with Gasteiger partial charge in [0.1, 0.15) is 17.3 Å². The summed E-state index contributed by atoms with van der Waals surface area (Å²) in [6, 6.07) is 9.30. The number of hydrogen-bond acceptors (Lipinski definition) is 3. The molecule has 2 aromatic rings. The van der Waals surface area contributed by atoms with Crippen LogP contribution in [0.5, 0.6) is 11.5 Å². The zero-order valence-corrected chi connectivity index (χ0v) is 11.4. The molecule has 0 atom stereocenters. The Kier molecular flexibility index (Phi) is 4.10. The molecule has 0 aromatic heterocycles. The molecule has 0 fully saturated rings. The summed E-state index contributed by atoms with van der Waals surface area (Å²) in [4.78, 5) is 0. The monoisotopic (exact) mass is 294 g/mol. The van der Waals surface area contributed by atoms with Crippen LogP contribution in [0, 0.1) is 12.7 Å². The highest BCUT2D eigenvalue weighted by atomic mass is 35.5. The highest BCUT2D eigenvalue weighted by molar-refractivity contribution is 6.30. The fourth-order valence-electron chi connectivity index (χ4n) is 1.69. The number of hydrogen-bond donors (Lipinski definition) is 2. The number of nitrogens with zero attached hydrogens (tertiary/aromatic N) is 1. The molecule has 6 heteroatoms. The van der Waals surface area contributed by atoms with E-state index in [2.05, 4.69) is 5.16 Å². The van der Waals surface area contributed by atoms with Crippen molar-refractivity contribution in [2.45, 2.75) is 6.92 Å². The van der Waals surface area contributed by atoms with E-state index < -0.39 is 5.82 Å². The molecule has 20 heavy (non-hydrogen) atoms. The second-order valence-electron chi connectivity index (χ2n) is 4.11. The SMILES string of the molecule is Cc1ccc(Cl)cc1Oc1cccc(F)c1C(N)=NO. The summed E-state index contributed by atoms with van der Waals surface area (Å²) in [5, 5.41) is 12.0. The summed E-state index contributed by atoms with van der Waals surface area (Å²) in [6.07, 6.45) is 0. The average Bonchev–Trinajstić information content (AvgIpc) is 2.42. The van der Waals surface area contributed by atoms with Gasteiger partial charge in [0.05, 0.1) is 5.56 Å². The minimum Gasteiger partial charge on any atom is -0.456 e. The van der Waals surface area contributed by atoms with E-state index in [9.17, 15) is 4.39 Å². The molecule has 0 amide bonds. The maximum absolute atomic E-state index is 13.8. The van der Waals surface area contributed by atoms with Gasteiger partial charge in [-0.2, -0.15) is 0 Å². The lowest BCUT2D eigenvalue weighted by molar-refractivity contribution is 0.318. The van der Waals surface area contributed by atoms with Gasteiger partial charge >= 0.3 is 0 Å². The molecule has 2 aromatic carbocycles. The molecule has 0 spiro atoms. The lowest BCUT2D eigenvalue weighted by Gasteiger charge is -2.13. The first-order chi connectivity index (χ1) is 9.52. The molecule has 0 radical (unpaired) electrons. The van der Waals surface area contributed by atoms with Crippen LogP contribution in [-0.2, 0) is 0 Å². The summed E-state index contributed by atoms with van der Waals surface area (Å²) >= 11 is 5.90. The highest BCUT2D eigenvalue weighted by Gasteiger charge is 2.15. The number of ether oxygens (including phenoxy) is 1. The van der Waals surface area contributed by atoms with E-state index >= 15 is 0 Å². The minimum atomic E-state index is -0.641. The lowest BCUT2D eigenvalue weighted by atomic mass is 10.1. The summed E-state index contributed by atoms with van der Waals surface area (Å²) in [7, 11) is 0. The fourth-order valence-corrected chi connectivity index (χ4v) is 1.85. The first-order valence-electron chi connectivity index (χ1n) is 5.73. The first kappa shape index (κ1) is 14.1. The second kappa shape index (κ2) is 5.79. The van der Waals surface area contributed by atoms with Gasteiger partial charge in [-0.15, -0.1) is 0 Å². The lowest BCUT2D eigenvalue weighted by Crippen LogP contribution is -2.16. The Labute approximate surface area is 120 Å². The van der Waals surface area contributed by atoms with Gasteiger partial charge in [0.15, 0.2) is 5.84 Å². The van der Waals surface area contributed by atoms with E-state index in [0.717, 1.165) is 5.56 Å². The van der Waals surface area contributed by atoms with Crippen molar-refractivity contribution in [1.82, 2.24) is 0 Å². The summed E-state index contributed by atoms with van der Waals surface area (Å²) < 4.78 is 19.4. The minimum absolute atomic E-state index is 0.102. The molecule has 0 aliphatic rings. The third-order valence-electron chi connectivity index (χ3n) is 2.71. The summed E-state index contributed by atoms with van der Waals surface area (Å²) in [5.41, 5.74) is 6.19. The standard InChI is InChI=1S/C14H12ClFN2O2/c1-8-5-6-9(15)7-12(8)20-11-4-2-3-10(16)13(11)14(17)18-19/h2-7,19H,1H3,(H2,17,18). The molecular formula is C14H12ClFN2O2. The Bertz CT molecular complexity index is 674. The first-order valence-corrected chi connectivity index (χ1v) is 6.11. The Morgan fingerprint density at radius 1 is 1.30 bits per heavy atom. The highest BCUT2D eigenvalue weighted by Crippen LogP contribution is 2.31. The van der Waals surface area contributed by atoms with Gasteiger partial charge in [0.2, 0.25) is 0 Å². The van der Waals surface area contributed by atoms with Crippen LogP contribution in [0.25, 0.3) is 0 Å². The second-order valence-corrected chi connectivity index (χ2v) is 4.55. The molecule has 2 rings (SSSR count). The molecule has 0 bridgehead atoms. The van der Waals surface area contributed by atoms with Crippen LogP contribution >= 0.6 is 11.6 Å². The van der Waals surface area contributed by atoms with Crippen molar-refractivity contribution in [1.29, 1.82) is 0 Å². The zero-order chi connectivity index (χ0) is 14.7. The molecule has 0 heterocycles. The van der Waals surface area contributed by atoms with E-state index in [1.165, 1.54) is 18.2 Å². The average molecular weight is 295 g/mol. The number of rotatable bonds is 3. The van der Waals surface area contributed by atoms with Crippen molar-refractivity contribution in [3.8, 4) is 11.5 Å². The largest absolute Gasteiger partial charge is 0.456 e. The van der Waals surface area contributed by atoms with Crippen LogP contribution in [0.1, 0.15) is 11.1 Å². The number of halogens is 2. The van der Waals surface area contributed by atoms with Crippen LogP contribution in [0.15, 0.2) is 41.6 Å². The van der Waals surface area contributed by atoms with Crippen molar-refractivity contribution in [3.05, 3.63) is 58.4 Å². The van der Waals surface area contributed by atoms with Gasteiger partial charge in [0, 0.05) is 5.02 Å². The number of nitrogens with two attached hydrogens (primary N) is 1. The number of amidine groups is 1. The smallest absolute Gasteiger partial charge is 0.176 e. The van der Waals surface area contributed by atoms with E-state index in [1.807, 2.05) is 6.92 Å². The Morgan fingerprint density at radius 2 is 2.05 bits per heavy atom.